The molecule has 1 saturated carbocycles. The molecule has 1 fully saturated rings. The van der Waals surface area contributed by atoms with Crippen molar-refractivity contribution in [1.82, 2.24) is 0 Å². The zero-order valence-corrected chi connectivity index (χ0v) is 14.8. The molecule has 0 saturated heterocycles. The van der Waals surface area contributed by atoms with Crippen LogP contribution in [0, 0.1) is 5.92 Å². The third kappa shape index (κ3) is 3.16. The highest BCUT2D eigenvalue weighted by Gasteiger charge is 2.32. The molecule has 0 spiro atoms. The topological polar surface area (TPSA) is 60.4 Å². The fraction of sp³-hybridized carbons (Fsp3) is 0.533. The second-order valence-electron chi connectivity index (χ2n) is 5.62. The maximum Gasteiger partial charge on any atom is 0.339 e. The number of esters is 1. The minimum Gasteiger partial charge on any atom is -0.465 e. The predicted octanol–water partition coefficient (Wildman–Crippen LogP) is 3.54. The summed E-state index contributed by atoms with van der Waals surface area (Å²) in [7, 11) is -2.16. The second-order valence-corrected chi connectivity index (χ2v) is 8.37. The second kappa shape index (κ2) is 6.08. The summed E-state index contributed by atoms with van der Waals surface area (Å²) in [6.07, 6.45) is 4.36. The number of rotatable bonds is 3. The van der Waals surface area contributed by atoms with E-state index in [0.717, 1.165) is 24.8 Å². The van der Waals surface area contributed by atoms with Gasteiger partial charge in [0.15, 0.2) is 9.84 Å². The Morgan fingerprint density at radius 3 is 2.48 bits per heavy atom. The number of halogens is 1. The molecule has 0 radical (unpaired) electrons. The van der Waals surface area contributed by atoms with Crippen LogP contribution in [0.1, 0.15) is 48.0 Å². The first-order chi connectivity index (χ1) is 9.77. The van der Waals surface area contributed by atoms with E-state index in [1.165, 1.54) is 13.4 Å². The van der Waals surface area contributed by atoms with E-state index in [9.17, 15) is 13.2 Å². The lowest BCUT2D eigenvalue weighted by Gasteiger charge is -2.21. The van der Waals surface area contributed by atoms with E-state index in [1.807, 2.05) is 0 Å². The number of hydrogen-bond acceptors (Lipinski definition) is 4. The molecule has 1 aliphatic rings. The van der Waals surface area contributed by atoms with E-state index in [4.69, 9.17) is 4.74 Å². The predicted molar refractivity (Wildman–Crippen MR) is 84.3 cm³/mol. The average molecular weight is 375 g/mol. The van der Waals surface area contributed by atoms with Gasteiger partial charge in [-0.3, -0.25) is 0 Å². The van der Waals surface area contributed by atoms with Gasteiger partial charge >= 0.3 is 5.97 Å². The first kappa shape index (κ1) is 16.5. The van der Waals surface area contributed by atoms with Crippen LogP contribution in [-0.4, -0.2) is 27.8 Å². The van der Waals surface area contributed by atoms with Crippen LogP contribution in [0.25, 0.3) is 0 Å². The number of benzene rings is 1. The van der Waals surface area contributed by atoms with E-state index in [1.54, 1.807) is 12.1 Å². The van der Waals surface area contributed by atoms with Gasteiger partial charge in [0.2, 0.25) is 0 Å². The van der Waals surface area contributed by atoms with Gasteiger partial charge in [-0.2, -0.15) is 0 Å². The van der Waals surface area contributed by atoms with E-state index >= 15 is 0 Å². The SMILES string of the molecule is COC(=O)c1ccc(C2CCCC2C)c(S(C)(=O)=O)c1Br. The fourth-order valence-corrected chi connectivity index (χ4v) is 5.60. The minimum atomic E-state index is -3.44. The molecule has 0 bridgehead atoms. The Kier molecular flexibility index (Phi) is 4.78. The largest absolute Gasteiger partial charge is 0.465 e. The lowest BCUT2D eigenvalue weighted by molar-refractivity contribution is 0.0599. The number of ether oxygens (including phenoxy) is 1. The van der Waals surface area contributed by atoms with Crippen LogP contribution in [0.3, 0.4) is 0 Å². The average Bonchev–Trinajstić information content (AvgIpc) is 2.82. The lowest BCUT2D eigenvalue weighted by Crippen LogP contribution is -2.13. The first-order valence-electron chi connectivity index (χ1n) is 6.88. The van der Waals surface area contributed by atoms with Crippen molar-refractivity contribution < 1.29 is 17.9 Å². The Labute approximate surface area is 133 Å². The normalized spacial score (nSPS) is 22.3. The summed E-state index contributed by atoms with van der Waals surface area (Å²) in [5.74, 6) is 0.122. The molecular formula is C15H19BrO4S. The van der Waals surface area contributed by atoms with Crippen LogP contribution < -0.4 is 0 Å². The Balaban J connectivity index is 2.67. The van der Waals surface area contributed by atoms with Crippen molar-refractivity contribution in [3.05, 3.63) is 27.7 Å². The fourth-order valence-electron chi connectivity index (χ4n) is 3.11. The Bertz CT molecular complexity index is 666. The summed E-state index contributed by atoms with van der Waals surface area (Å²) in [5, 5.41) is 0. The van der Waals surface area contributed by atoms with Crippen LogP contribution >= 0.6 is 15.9 Å². The van der Waals surface area contributed by atoms with E-state index in [2.05, 4.69) is 22.9 Å². The summed E-state index contributed by atoms with van der Waals surface area (Å²) in [5.41, 5.74) is 1.05. The molecule has 0 N–H and O–H groups in total. The molecule has 1 aromatic carbocycles. The molecule has 6 heteroatoms. The van der Waals surface area contributed by atoms with Crippen LogP contribution in [0.4, 0.5) is 0 Å². The maximum atomic E-state index is 12.2. The van der Waals surface area contributed by atoms with Gasteiger partial charge in [0.05, 0.1) is 22.0 Å². The van der Waals surface area contributed by atoms with Crippen molar-refractivity contribution in [3.63, 3.8) is 0 Å². The van der Waals surface area contributed by atoms with Crippen LogP contribution in [-0.2, 0) is 14.6 Å². The molecule has 2 rings (SSSR count). The molecule has 4 nitrogen and oxygen atoms in total. The van der Waals surface area contributed by atoms with E-state index in [0.29, 0.717) is 10.4 Å². The van der Waals surface area contributed by atoms with Gasteiger partial charge in [-0.15, -0.1) is 0 Å². The molecule has 1 aromatic rings. The number of carbonyl (C=O) groups excluding carboxylic acids is 1. The Hall–Kier alpha value is -0.880. The highest BCUT2D eigenvalue weighted by atomic mass is 79.9. The smallest absolute Gasteiger partial charge is 0.339 e. The molecule has 2 unspecified atom stereocenters. The van der Waals surface area contributed by atoms with Crippen molar-refractivity contribution in [3.8, 4) is 0 Å². The van der Waals surface area contributed by atoms with Gasteiger partial charge in [0.25, 0.3) is 0 Å². The third-order valence-corrected chi connectivity index (χ3v) is 6.43. The Morgan fingerprint density at radius 2 is 2.00 bits per heavy atom. The molecule has 116 valence electrons. The van der Waals surface area contributed by atoms with Crippen LogP contribution in [0.5, 0.6) is 0 Å². The monoisotopic (exact) mass is 374 g/mol. The van der Waals surface area contributed by atoms with Gasteiger partial charge in [-0.1, -0.05) is 25.8 Å². The number of hydrogen-bond donors (Lipinski definition) is 0. The Morgan fingerprint density at radius 1 is 1.33 bits per heavy atom. The molecule has 1 aliphatic carbocycles. The van der Waals surface area contributed by atoms with Gasteiger partial charge in [0, 0.05) is 6.26 Å². The van der Waals surface area contributed by atoms with Crippen LogP contribution in [0.2, 0.25) is 0 Å². The molecule has 2 atom stereocenters. The molecule has 21 heavy (non-hydrogen) atoms. The van der Waals surface area contributed by atoms with Gasteiger partial charge in [-0.25, -0.2) is 13.2 Å². The van der Waals surface area contributed by atoms with E-state index < -0.39 is 15.8 Å². The standard InChI is InChI=1S/C15H19BrO4S/c1-9-5-4-6-10(9)11-7-8-12(15(17)20-2)13(16)14(11)21(3,18)19/h7-10H,4-6H2,1-3H3. The molecule has 0 heterocycles. The summed E-state index contributed by atoms with van der Waals surface area (Å²) in [6.45, 7) is 2.14. The number of methoxy groups -OCH3 is 1. The van der Waals surface area contributed by atoms with Gasteiger partial charge in [-0.05, 0) is 45.8 Å². The molecule has 0 aromatic heterocycles. The van der Waals surface area contributed by atoms with Crippen molar-refractivity contribution in [2.45, 2.75) is 37.0 Å². The third-order valence-electron chi connectivity index (χ3n) is 4.16. The molecule has 0 amide bonds. The summed E-state index contributed by atoms with van der Waals surface area (Å²) in [6, 6.07) is 3.41. The quantitative estimate of drug-likeness (QED) is 0.759. The highest BCUT2D eigenvalue weighted by Crippen LogP contribution is 2.44. The van der Waals surface area contributed by atoms with Gasteiger partial charge < -0.3 is 4.74 Å². The van der Waals surface area contributed by atoms with Crippen molar-refractivity contribution in [2.75, 3.05) is 13.4 Å². The molecular weight excluding hydrogens is 356 g/mol. The van der Waals surface area contributed by atoms with Crippen molar-refractivity contribution in [2.24, 2.45) is 5.92 Å². The maximum absolute atomic E-state index is 12.2. The first-order valence-corrected chi connectivity index (χ1v) is 9.56. The van der Waals surface area contributed by atoms with Crippen molar-refractivity contribution in [1.29, 1.82) is 0 Å². The van der Waals surface area contributed by atoms with E-state index in [-0.39, 0.29) is 16.4 Å². The highest BCUT2D eigenvalue weighted by molar-refractivity contribution is 9.10. The lowest BCUT2D eigenvalue weighted by atomic mass is 9.89. The number of sulfone groups is 1. The van der Waals surface area contributed by atoms with Crippen LogP contribution in [0.15, 0.2) is 21.5 Å². The summed E-state index contributed by atoms with van der Waals surface area (Å²) in [4.78, 5) is 12.0. The number of carbonyl (C=O) groups is 1. The van der Waals surface area contributed by atoms with Gasteiger partial charge in [0.1, 0.15) is 0 Å². The zero-order chi connectivity index (χ0) is 15.8. The molecule has 0 aliphatic heterocycles. The zero-order valence-electron chi connectivity index (χ0n) is 12.3. The summed E-state index contributed by atoms with van der Waals surface area (Å²) >= 11 is 3.30. The summed E-state index contributed by atoms with van der Waals surface area (Å²) < 4.78 is 29.5. The van der Waals surface area contributed by atoms with Crippen molar-refractivity contribution >= 4 is 31.7 Å². The minimum absolute atomic E-state index is 0.220.